The van der Waals surface area contributed by atoms with Crippen molar-refractivity contribution >= 4 is 35.1 Å². The summed E-state index contributed by atoms with van der Waals surface area (Å²) in [5, 5.41) is 15.2. The van der Waals surface area contributed by atoms with Crippen molar-refractivity contribution in [2.24, 2.45) is 5.10 Å². The Morgan fingerprint density at radius 3 is 2.85 bits per heavy atom. The van der Waals surface area contributed by atoms with E-state index < -0.39 is 10.6 Å². The molecule has 0 fully saturated rings. The standard InChI is InChI=1S/C11H9ClN6O2/c12-8-4-2-1-3-7(8)5-16-17-11-9(18(19)20)10(13)14-6-15-11/h1-6H,(H3,13,14,15,17). The molecule has 0 saturated heterocycles. The van der Waals surface area contributed by atoms with E-state index in [0.29, 0.717) is 10.6 Å². The first-order valence-corrected chi connectivity index (χ1v) is 5.76. The Morgan fingerprint density at radius 2 is 2.15 bits per heavy atom. The average molecular weight is 293 g/mol. The molecular formula is C11H9ClN6O2. The summed E-state index contributed by atoms with van der Waals surface area (Å²) in [6.45, 7) is 0. The number of nitrogen functional groups attached to an aromatic ring is 1. The minimum absolute atomic E-state index is 0.0918. The lowest BCUT2D eigenvalue weighted by Crippen LogP contribution is -2.04. The zero-order valence-corrected chi connectivity index (χ0v) is 10.8. The highest BCUT2D eigenvalue weighted by molar-refractivity contribution is 6.33. The van der Waals surface area contributed by atoms with Crippen LogP contribution in [0.1, 0.15) is 5.56 Å². The maximum atomic E-state index is 10.9. The second-order valence-corrected chi connectivity index (χ2v) is 4.01. The van der Waals surface area contributed by atoms with Crippen LogP contribution in [0.5, 0.6) is 0 Å². The second-order valence-electron chi connectivity index (χ2n) is 3.60. The van der Waals surface area contributed by atoms with Gasteiger partial charge in [-0.05, 0) is 6.07 Å². The van der Waals surface area contributed by atoms with Gasteiger partial charge < -0.3 is 5.73 Å². The predicted octanol–water partition coefficient (Wildman–Crippen LogP) is 2.07. The summed E-state index contributed by atoms with van der Waals surface area (Å²) in [5.41, 5.74) is 8.10. The monoisotopic (exact) mass is 292 g/mol. The minimum atomic E-state index is -0.678. The molecule has 102 valence electrons. The topological polar surface area (TPSA) is 119 Å². The molecule has 8 nitrogen and oxygen atoms in total. The van der Waals surface area contributed by atoms with Crippen LogP contribution in [-0.2, 0) is 0 Å². The van der Waals surface area contributed by atoms with E-state index in [0.717, 1.165) is 6.33 Å². The lowest BCUT2D eigenvalue weighted by atomic mass is 10.2. The summed E-state index contributed by atoms with van der Waals surface area (Å²) in [6.07, 6.45) is 2.53. The van der Waals surface area contributed by atoms with E-state index in [1.165, 1.54) is 6.21 Å². The Labute approximate surface area is 118 Å². The van der Waals surface area contributed by atoms with E-state index in [-0.39, 0.29) is 11.6 Å². The van der Waals surface area contributed by atoms with Gasteiger partial charge >= 0.3 is 5.69 Å². The summed E-state index contributed by atoms with van der Waals surface area (Å²) in [5.74, 6) is -0.328. The molecule has 1 heterocycles. The highest BCUT2D eigenvalue weighted by atomic mass is 35.5. The number of hydrogen-bond acceptors (Lipinski definition) is 7. The number of nitrogens with one attached hydrogen (secondary N) is 1. The van der Waals surface area contributed by atoms with Crippen LogP contribution >= 0.6 is 11.6 Å². The molecule has 1 aromatic heterocycles. The third-order valence-corrected chi connectivity index (χ3v) is 2.66. The van der Waals surface area contributed by atoms with Crippen LogP contribution < -0.4 is 11.2 Å². The van der Waals surface area contributed by atoms with Gasteiger partial charge in [0.25, 0.3) is 0 Å². The number of hydrazone groups is 1. The first-order chi connectivity index (χ1) is 9.59. The van der Waals surface area contributed by atoms with Crippen molar-refractivity contribution in [1.29, 1.82) is 0 Å². The Bertz CT molecular complexity index is 676. The predicted molar refractivity (Wildman–Crippen MR) is 75.8 cm³/mol. The number of nitrogens with zero attached hydrogens (tertiary/aromatic N) is 4. The number of rotatable bonds is 4. The number of aromatic nitrogens is 2. The van der Waals surface area contributed by atoms with E-state index in [2.05, 4.69) is 20.5 Å². The molecule has 0 atom stereocenters. The third-order valence-electron chi connectivity index (χ3n) is 2.31. The SMILES string of the molecule is Nc1ncnc(NN=Cc2ccccc2Cl)c1[N+](=O)[O-]. The van der Waals surface area contributed by atoms with Crippen LogP contribution in [0.15, 0.2) is 35.7 Å². The zero-order valence-electron chi connectivity index (χ0n) is 10.0. The number of anilines is 2. The summed E-state index contributed by atoms with van der Waals surface area (Å²) in [4.78, 5) is 17.5. The van der Waals surface area contributed by atoms with Gasteiger partial charge in [0, 0.05) is 10.6 Å². The summed E-state index contributed by atoms with van der Waals surface area (Å²) >= 11 is 5.94. The van der Waals surface area contributed by atoms with Crippen LogP contribution in [0, 0.1) is 10.1 Å². The van der Waals surface area contributed by atoms with Gasteiger partial charge in [0.05, 0.1) is 11.1 Å². The van der Waals surface area contributed by atoms with Crippen LogP contribution in [-0.4, -0.2) is 21.1 Å². The Kier molecular flexibility index (Phi) is 4.06. The van der Waals surface area contributed by atoms with Gasteiger partial charge in [0.15, 0.2) is 0 Å². The molecule has 0 radical (unpaired) electrons. The highest BCUT2D eigenvalue weighted by Gasteiger charge is 2.20. The lowest BCUT2D eigenvalue weighted by molar-refractivity contribution is -0.383. The van der Waals surface area contributed by atoms with Crippen LogP contribution in [0.2, 0.25) is 5.02 Å². The quantitative estimate of drug-likeness (QED) is 0.505. The van der Waals surface area contributed by atoms with Crippen molar-refractivity contribution in [2.45, 2.75) is 0 Å². The molecule has 20 heavy (non-hydrogen) atoms. The molecule has 0 amide bonds. The van der Waals surface area contributed by atoms with Gasteiger partial charge in [0.2, 0.25) is 11.6 Å². The molecule has 0 unspecified atom stereocenters. The normalized spacial score (nSPS) is 10.7. The lowest BCUT2D eigenvalue weighted by Gasteiger charge is -2.02. The van der Waals surface area contributed by atoms with Crippen molar-refractivity contribution in [3.63, 3.8) is 0 Å². The molecular weight excluding hydrogens is 284 g/mol. The van der Waals surface area contributed by atoms with E-state index in [4.69, 9.17) is 17.3 Å². The molecule has 0 aliphatic rings. The molecule has 2 rings (SSSR count). The van der Waals surface area contributed by atoms with E-state index in [9.17, 15) is 10.1 Å². The summed E-state index contributed by atoms with van der Waals surface area (Å²) < 4.78 is 0. The molecule has 9 heteroatoms. The fraction of sp³-hybridized carbons (Fsp3) is 0. The molecule has 0 bridgehead atoms. The van der Waals surface area contributed by atoms with Gasteiger partial charge in [-0.15, -0.1) is 0 Å². The smallest absolute Gasteiger partial charge is 0.354 e. The van der Waals surface area contributed by atoms with Crippen molar-refractivity contribution < 1.29 is 4.92 Å². The largest absolute Gasteiger partial charge is 0.378 e. The van der Waals surface area contributed by atoms with Gasteiger partial charge in [-0.2, -0.15) is 5.10 Å². The van der Waals surface area contributed by atoms with Crippen LogP contribution in [0.4, 0.5) is 17.3 Å². The number of halogens is 1. The van der Waals surface area contributed by atoms with Crippen molar-refractivity contribution in [3.8, 4) is 0 Å². The van der Waals surface area contributed by atoms with E-state index in [1.807, 2.05) is 0 Å². The molecule has 0 aliphatic carbocycles. The maximum absolute atomic E-state index is 10.9. The van der Waals surface area contributed by atoms with Crippen molar-refractivity contribution in [2.75, 3.05) is 11.2 Å². The number of nitrogens with two attached hydrogens (primary N) is 1. The van der Waals surface area contributed by atoms with Crippen LogP contribution in [0.3, 0.4) is 0 Å². The molecule has 3 N–H and O–H groups in total. The highest BCUT2D eigenvalue weighted by Crippen LogP contribution is 2.26. The zero-order chi connectivity index (χ0) is 14.5. The summed E-state index contributed by atoms with van der Waals surface area (Å²) in [7, 11) is 0. The number of hydrogen-bond donors (Lipinski definition) is 2. The van der Waals surface area contributed by atoms with Gasteiger partial charge in [-0.1, -0.05) is 29.8 Å². The van der Waals surface area contributed by atoms with Gasteiger partial charge in [-0.25, -0.2) is 9.97 Å². The Morgan fingerprint density at radius 1 is 1.40 bits per heavy atom. The Hall–Kier alpha value is -2.74. The third kappa shape index (κ3) is 2.98. The fourth-order valence-corrected chi connectivity index (χ4v) is 1.58. The fourth-order valence-electron chi connectivity index (χ4n) is 1.40. The van der Waals surface area contributed by atoms with Crippen molar-refractivity contribution in [3.05, 3.63) is 51.3 Å². The molecule has 0 saturated carbocycles. The van der Waals surface area contributed by atoms with Gasteiger partial charge in [-0.3, -0.25) is 15.5 Å². The van der Waals surface area contributed by atoms with Crippen LogP contribution in [0.25, 0.3) is 0 Å². The number of nitro groups is 1. The molecule has 2 aromatic rings. The van der Waals surface area contributed by atoms with Crippen molar-refractivity contribution in [1.82, 2.24) is 9.97 Å². The van der Waals surface area contributed by atoms with E-state index in [1.54, 1.807) is 24.3 Å². The average Bonchev–Trinajstić information content (AvgIpc) is 2.40. The summed E-state index contributed by atoms with van der Waals surface area (Å²) in [6, 6.07) is 7.02. The number of benzene rings is 1. The molecule has 0 aliphatic heterocycles. The first-order valence-electron chi connectivity index (χ1n) is 5.38. The maximum Gasteiger partial charge on any atom is 0.354 e. The molecule has 0 spiro atoms. The van der Waals surface area contributed by atoms with Gasteiger partial charge in [0.1, 0.15) is 6.33 Å². The van der Waals surface area contributed by atoms with E-state index >= 15 is 0 Å². The second kappa shape index (κ2) is 5.93. The molecule has 1 aromatic carbocycles. The Balaban J connectivity index is 2.22. The minimum Gasteiger partial charge on any atom is -0.378 e. The first kappa shape index (κ1) is 13.7.